The average Bonchev–Trinajstić information content (AvgIpc) is 3.26. The Morgan fingerprint density at radius 1 is 1.09 bits per heavy atom. The molecule has 11 heteroatoms. The maximum Gasteiger partial charge on any atom is 0.316 e. The number of aromatic nitrogens is 3. The van der Waals surface area contributed by atoms with Crippen LogP contribution in [0.4, 0.5) is 0 Å². The Balaban J connectivity index is 1.70. The van der Waals surface area contributed by atoms with Gasteiger partial charge in [0.05, 0.1) is 37.5 Å². The lowest BCUT2D eigenvalue weighted by atomic mass is 10.2. The van der Waals surface area contributed by atoms with E-state index in [1.807, 2.05) is 34.9 Å². The predicted molar refractivity (Wildman–Crippen MR) is 123 cm³/mol. The van der Waals surface area contributed by atoms with Crippen molar-refractivity contribution in [2.45, 2.75) is 16.6 Å². The zero-order valence-electron chi connectivity index (χ0n) is 18.1. The van der Waals surface area contributed by atoms with Crippen LogP contribution in [0.25, 0.3) is 11.4 Å². The number of hydrogen-bond donors (Lipinski definition) is 0. The molecular formula is C22H24N4O5S2. The molecule has 174 valence electrons. The first-order chi connectivity index (χ1) is 16.0. The number of esters is 1. The number of ether oxygens (including phenoxy) is 2. The fraction of sp³-hybridized carbons (Fsp3) is 0.318. The van der Waals surface area contributed by atoms with Crippen LogP contribution in [-0.4, -0.2) is 72.6 Å². The maximum atomic E-state index is 13.1. The second-order valence-corrected chi connectivity index (χ2v) is 10.2. The van der Waals surface area contributed by atoms with Crippen LogP contribution in [0.2, 0.25) is 0 Å². The first kappa shape index (κ1) is 23.4. The smallest absolute Gasteiger partial charge is 0.316 e. The molecule has 9 nitrogen and oxygen atoms in total. The molecular weight excluding hydrogens is 464 g/mol. The van der Waals surface area contributed by atoms with Crippen molar-refractivity contribution < 1.29 is 22.7 Å². The SMILES string of the molecule is COC(=O)CSc1nnc(-c2cccc(S(=O)(=O)N3CCOCC3)c2)n1Cc1ccccc1. The summed E-state index contributed by atoms with van der Waals surface area (Å²) >= 11 is 1.22. The Morgan fingerprint density at radius 2 is 1.85 bits per heavy atom. The van der Waals surface area contributed by atoms with Gasteiger partial charge >= 0.3 is 5.97 Å². The zero-order chi connectivity index (χ0) is 23.3. The lowest BCUT2D eigenvalue weighted by Gasteiger charge is -2.26. The normalized spacial score (nSPS) is 14.8. The molecule has 3 aromatic rings. The van der Waals surface area contributed by atoms with E-state index in [2.05, 4.69) is 10.2 Å². The van der Waals surface area contributed by atoms with E-state index in [1.165, 1.54) is 23.2 Å². The van der Waals surface area contributed by atoms with Gasteiger partial charge in [0.1, 0.15) is 0 Å². The third-order valence-corrected chi connectivity index (χ3v) is 7.98. The van der Waals surface area contributed by atoms with Crippen LogP contribution in [0, 0.1) is 0 Å². The second-order valence-electron chi connectivity index (χ2n) is 7.29. The van der Waals surface area contributed by atoms with Crippen molar-refractivity contribution in [3.63, 3.8) is 0 Å². The Hall–Kier alpha value is -2.73. The zero-order valence-corrected chi connectivity index (χ0v) is 19.7. The fourth-order valence-electron chi connectivity index (χ4n) is 3.43. The molecule has 4 rings (SSSR count). The van der Waals surface area contributed by atoms with Gasteiger partial charge < -0.3 is 9.47 Å². The first-order valence-electron chi connectivity index (χ1n) is 10.3. The molecule has 2 heterocycles. The van der Waals surface area contributed by atoms with Gasteiger partial charge in [0.2, 0.25) is 10.0 Å². The molecule has 0 spiro atoms. The van der Waals surface area contributed by atoms with Crippen molar-refractivity contribution in [2.75, 3.05) is 39.2 Å². The van der Waals surface area contributed by atoms with E-state index in [4.69, 9.17) is 9.47 Å². The van der Waals surface area contributed by atoms with Gasteiger partial charge in [0.25, 0.3) is 0 Å². The summed E-state index contributed by atoms with van der Waals surface area (Å²) in [6.07, 6.45) is 0. The van der Waals surface area contributed by atoms with E-state index >= 15 is 0 Å². The lowest BCUT2D eigenvalue weighted by Crippen LogP contribution is -2.40. The highest BCUT2D eigenvalue weighted by Gasteiger charge is 2.27. The van der Waals surface area contributed by atoms with Crippen molar-refractivity contribution in [1.82, 2.24) is 19.1 Å². The van der Waals surface area contributed by atoms with E-state index < -0.39 is 10.0 Å². The number of thioether (sulfide) groups is 1. The van der Waals surface area contributed by atoms with Crippen LogP contribution in [0.3, 0.4) is 0 Å². The summed E-state index contributed by atoms with van der Waals surface area (Å²) in [5.74, 6) is 0.245. The Kier molecular flexibility index (Phi) is 7.43. The highest BCUT2D eigenvalue weighted by molar-refractivity contribution is 7.99. The van der Waals surface area contributed by atoms with E-state index in [0.29, 0.717) is 49.4 Å². The second kappa shape index (κ2) is 10.5. The van der Waals surface area contributed by atoms with Crippen molar-refractivity contribution >= 4 is 27.8 Å². The molecule has 0 amide bonds. The molecule has 1 aliphatic rings. The van der Waals surface area contributed by atoms with Gasteiger partial charge in [0.15, 0.2) is 11.0 Å². The minimum Gasteiger partial charge on any atom is -0.468 e. The van der Waals surface area contributed by atoms with Gasteiger partial charge in [-0.2, -0.15) is 4.31 Å². The molecule has 1 aliphatic heterocycles. The monoisotopic (exact) mass is 488 g/mol. The van der Waals surface area contributed by atoms with Crippen molar-refractivity contribution in [3.05, 3.63) is 60.2 Å². The summed E-state index contributed by atoms with van der Waals surface area (Å²) in [6.45, 7) is 1.87. The van der Waals surface area contributed by atoms with Crippen LogP contribution in [0.5, 0.6) is 0 Å². The highest BCUT2D eigenvalue weighted by Crippen LogP contribution is 2.28. The summed E-state index contributed by atoms with van der Waals surface area (Å²) in [4.78, 5) is 11.9. The number of rotatable bonds is 8. The number of hydrogen-bond acceptors (Lipinski definition) is 8. The molecule has 0 saturated carbocycles. The van der Waals surface area contributed by atoms with Crippen LogP contribution in [0.15, 0.2) is 64.6 Å². The topological polar surface area (TPSA) is 104 Å². The number of benzene rings is 2. The lowest BCUT2D eigenvalue weighted by molar-refractivity contribution is -0.137. The fourth-order valence-corrected chi connectivity index (χ4v) is 5.66. The predicted octanol–water partition coefficient (Wildman–Crippen LogP) is 2.28. The largest absolute Gasteiger partial charge is 0.468 e. The van der Waals surface area contributed by atoms with E-state index in [-0.39, 0.29) is 16.6 Å². The van der Waals surface area contributed by atoms with Crippen LogP contribution in [0.1, 0.15) is 5.56 Å². The third kappa shape index (κ3) is 5.44. The van der Waals surface area contributed by atoms with Crippen molar-refractivity contribution in [3.8, 4) is 11.4 Å². The molecule has 0 N–H and O–H groups in total. The third-order valence-electron chi connectivity index (χ3n) is 5.15. The minimum atomic E-state index is -3.65. The molecule has 1 aromatic heterocycles. The minimum absolute atomic E-state index is 0.0921. The van der Waals surface area contributed by atoms with Crippen LogP contribution >= 0.6 is 11.8 Å². The Labute approximate surface area is 196 Å². The Bertz CT molecular complexity index is 1210. The Morgan fingerprint density at radius 3 is 2.58 bits per heavy atom. The highest BCUT2D eigenvalue weighted by atomic mass is 32.2. The van der Waals surface area contributed by atoms with Gasteiger partial charge in [-0.25, -0.2) is 8.42 Å². The maximum absolute atomic E-state index is 13.1. The number of carbonyl (C=O) groups is 1. The first-order valence-corrected chi connectivity index (χ1v) is 12.8. The number of sulfonamides is 1. The standard InChI is InChI=1S/C22H24N4O5S2/c1-30-20(27)16-32-22-24-23-21(26(22)15-17-6-3-2-4-7-17)18-8-5-9-19(14-18)33(28,29)25-10-12-31-13-11-25/h2-9,14H,10-13,15-16H2,1H3. The summed E-state index contributed by atoms with van der Waals surface area (Å²) in [5.41, 5.74) is 1.65. The molecule has 0 atom stereocenters. The summed E-state index contributed by atoms with van der Waals surface area (Å²) in [5, 5.41) is 9.14. The number of carbonyl (C=O) groups excluding carboxylic acids is 1. The van der Waals surface area contributed by atoms with Gasteiger partial charge in [0, 0.05) is 18.7 Å². The molecule has 0 bridgehead atoms. The molecule has 2 aromatic carbocycles. The van der Waals surface area contributed by atoms with E-state index in [1.54, 1.807) is 24.3 Å². The number of nitrogens with zero attached hydrogens (tertiary/aromatic N) is 4. The number of methoxy groups -OCH3 is 1. The molecule has 33 heavy (non-hydrogen) atoms. The summed E-state index contributed by atoms with van der Waals surface area (Å²) in [7, 11) is -2.32. The van der Waals surface area contributed by atoms with Crippen LogP contribution < -0.4 is 0 Å². The van der Waals surface area contributed by atoms with Crippen LogP contribution in [-0.2, 0) is 30.8 Å². The number of morpholine rings is 1. The quantitative estimate of drug-likeness (QED) is 0.351. The van der Waals surface area contributed by atoms with E-state index in [0.717, 1.165) is 5.56 Å². The molecule has 1 saturated heterocycles. The average molecular weight is 489 g/mol. The van der Waals surface area contributed by atoms with Crippen molar-refractivity contribution in [2.24, 2.45) is 0 Å². The molecule has 0 unspecified atom stereocenters. The van der Waals surface area contributed by atoms with Gasteiger partial charge in [-0.05, 0) is 17.7 Å². The van der Waals surface area contributed by atoms with Gasteiger partial charge in [-0.15, -0.1) is 10.2 Å². The van der Waals surface area contributed by atoms with Crippen molar-refractivity contribution in [1.29, 1.82) is 0 Å². The molecule has 1 fully saturated rings. The van der Waals surface area contributed by atoms with E-state index in [9.17, 15) is 13.2 Å². The van der Waals surface area contributed by atoms with Gasteiger partial charge in [-0.3, -0.25) is 9.36 Å². The summed E-state index contributed by atoms with van der Waals surface area (Å²) < 4.78 is 39.6. The molecule has 0 radical (unpaired) electrons. The van der Waals surface area contributed by atoms with Gasteiger partial charge in [-0.1, -0.05) is 54.2 Å². The molecule has 0 aliphatic carbocycles. The summed E-state index contributed by atoms with van der Waals surface area (Å²) in [6, 6.07) is 16.5.